The van der Waals surface area contributed by atoms with Crippen molar-refractivity contribution in [3.63, 3.8) is 0 Å². The van der Waals surface area contributed by atoms with E-state index in [0.717, 1.165) is 16.1 Å². The molecule has 3 rings (SSSR count). The number of benzene rings is 2. The van der Waals surface area contributed by atoms with Crippen LogP contribution in [0.5, 0.6) is 0 Å². The first-order valence-electron chi connectivity index (χ1n) is 7.77. The number of aromatic nitrogens is 1. The molecular weight excluding hydrogens is 334 g/mol. The number of hydrogen-bond acceptors (Lipinski definition) is 4. The molecular formula is C19H17N3O2S. The molecule has 0 aliphatic rings. The number of anilines is 1. The lowest BCUT2D eigenvalue weighted by Gasteiger charge is -2.09. The lowest BCUT2D eigenvalue weighted by atomic mass is 10.1. The highest BCUT2D eigenvalue weighted by molar-refractivity contribution is 7.13. The standard InChI is InChI=1S/C19H17N3O2S/c1-13-4-2-3-5-16(13)18(24)21-12-17(23)22-15-8-6-14(7-9-15)19-20-10-11-25-19/h2-11H,12H2,1H3,(H,21,24)(H,22,23). The van der Waals surface area contributed by atoms with E-state index in [4.69, 9.17) is 0 Å². The van der Waals surface area contributed by atoms with Crippen LogP contribution >= 0.6 is 11.3 Å². The Morgan fingerprint density at radius 2 is 1.84 bits per heavy atom. The van der Waals surface area contributed by atoms with Gasteiger partial charge in [-0.05, 0) is 42.8 Å². The van der Waals surface area contributed by atoms with Crippen LogP contribution in [0.3, 0.4) is 0 Å². The van der Waals surface area contributed by atoms with Crippen LogP contribution in [0.15, 0.2) is 60.1 Å². The second-order valence-corrected chi connectivity index (χ2v) is 6.35. The zero-order valence-electron chi connectivity index (χ0n) is 13.7. The minimum Gasteiger partial charge on any atom is -0.343 e. The molecule has 25 heavy (non-hydrogen) atoms. The molecule has 2 amide bonds. The van der Waals surface area contributed by atoms with E-state index in [1.807, 2.05) is 48.7 Å². The van der Waals surface area contributed by atoms with Crippen molar-refractivity contribution in [2.24, 2.45) is 0 Å². The van der Waals surface area contributed by atoms with Gasteiger partial charge in [0.25, 0.3) is 5.91 Å². The molecule has 2 N–H and O–H groups in total. The lowest BCUT2D eigenvalue weighted by molar-refractivity contribution is -0.115. The molecule has 6 heteroatoms. The van der Waals surface area contributed by atoms with Gasteiger partial charge in [-0.1, -0.05) is 18.2 Å². The number of carbonyl (C=O) groups excluding carboxylic acids is 2. The number of aryl methyl sites for hydroxylation is 1. The second kappa shape index (κ2) is 7.72. The van der Waals surface area contributed by atoms with Crippen LogP contribution in [0.25, 0.3) is 10.6 Å². The Labute approximate surface area is 149 Å². The fourth-order valence-electron chi connectivity index (χ4n) is 2.35. The van der Waals surface area contributed by atoms with Gasteiger partial charge in [-0.15, -0.1) is 11.3 Å². The minimum absolute atomic E-state index is 0.0819. The number of nitrogens with one attached hydrogen (secondary N) is 2. The lowest BCUT2D eigenvalue weighted by Crippen LogP contribution is -2.33. The maximum Gasteiger partial charge on any atom is 0.251 e. The number of hydrogen-bond donors (Lipinski definition) is 2. The van der Waals surface area contributed by atoms with Crippen molar-refractivity contribution in [2.45, 2.75) is 6.92 Å². The number of nitrogens with zero attached hydrogens (tertiary/aromatic N) is 1. The Morgan fingerprint density at radius 1 is 1.08 bits per heavy atom. The quantitative estimate of drug-likeness (QED) is 0.739. The molecule has 0 unspecified atom stereocenters. The first-order chi connectivity index (χ1) is 12.1. The molecule has 0 atom stereocenters. The Balaban J connectivity index is 1.54. The highest BCUT2D eigenvalue weighted by atomic mass is 32.1. The van der Waals surface area contributed by atoms with Crippen molar-refractivity contribution in [3.05, 3.63) is 71.2 Å². The van der Waals surface area contributed by atoms with Gasteiger partial charge in [0.15, 0.2) is 0 Å². The second-order valence-electron chi connectivity index (χ2n) is 5.46. The smallest absolute Gasteiger partial charge is 0.251 e. The van der Waals surface area contributed by atoms with Gasteiger partial charge in [-0.3, -0.25) is 9.59 Å². The van der Waals surface area contributed by atoms with Crippen molar-refractivity contribution >= 4 is 28.8 Å². The molecule has 126 valence electrons. The Bertz CT molecular complexity index is 874. The fraction of sp³-hybridized carbons (Fsp3) is 0.105. The van der Waals surface area contributed by atoms with E-state index in [2.05, 4.69) is 15.6 Å². The summed E-state index contributed by atoms with van der Waals surface area (Å²) in [5, 5.41) is 8.25. The number of thiazole rings is 1. The zero-order chi connectivity index (χ0) is 17.6. The van der Waals surface area contributed by atoms with Gasteiger partial charge in [-0.2, -0.15) is 0 Å². The molecule has 0 aliphatic heterocycles. The summed E-state index contributed by atoms with van der Waals surface area (Å²) in [6, 6.07) is 14.7. The minimum atomic E-state index is -0.274. The Hall–Kier alpha value is -2.99. The maximum absolute atomic E-state index is 12.1. The molecule has 0 saturated carbocycles. The van der Waals surface area contributed by atoms with Gasteiger partial charge in [0.1, 0.15) is 5.01 Å². The number of rotatable bonds is 5. The third-order valence-electron chi connectivity index (χ3n) is 3.65. The summed E-state index contributed by atoms with van der Waals surface area (Å²) < 4.78 is 0. The molecule has 0 fully saturated rings. The summed E-state index contributed by atoms with van der Waals surface area (Å²) >= 11 is 1.56. The van der Waals surface area contributed by atoms with Crippen molar-refractivity contribution in [1.29, 1.82) is 0 Å². The number of carbonyl (C=O) groups is 2. The van der Waals surface area contributed by atoms with Crippen LogP contribution < -0.4 is 10.6 Å². The van der Waals surface area contributed by atoms with Gasteiger partial charge < -0.3 is 10.6 Å². The van der Waals surface area contributed by atoms with Crippen molar-refractivity contribution in [1.82, 2.24) is 10.3 Å². The monoisotopic (exact) mass is 351 g/mol. The summed E-state index contributed by atoms with van der Waals surface area (Å²) in [6.07, 6.45) is 1.76. The highest BCUT2D eigenvalue weighted by Crippen LogP contribution is 2.23. The SMILES string of the molecule is Cc1ccccc1C(=O)NCC(=O)Nc1ccc(-c2nccs2)cc1. The molecule has 0 bridgehead atoms. The van der Waals surface area contributed by atoms with Crippen LogP contribution in [-0.2, 0) is 4.79 Å². The van der Waals surface area contributed by atoms with Crippen LogP contribution in [0.1, 0.15) is 15.9 Å². The third-order valence-corrected chi connectivity index (χ3v) is 4.47. The van der Waals surface area contributed by atoms with Crippen molar-refractivity contribution in [3.8, 4) is 10.6 Å². The molecule has 5 nitrogen and oxygen atoms in total. The topological polar surface area (TPSA) is 71.1 Å². The van der Waals surface area contributed by atoms with E-state index in [9.17, 15) is 9.59 Å². The van der Waals surface area contributed by atoms with E-state index in [1.165, 1.54) is 0 Å². The summed E-state index contributed by atoms with van der Waals surface area (Å²) in [5.74, 6) is -0.531. The molecule has 0 saturated heterocycles. The third kappa shape index (κ3) is 4.30. The molecule has 1 heterocycles. The van der Waals surface area contributed by atoms with Crippen LogP contribution in [0.4, 0.5) is 5.69 Å². The van der Waals surface area contributed by atoms with E-state index >= 15 is 0 Å². The predicted octanol–water partition coefficient (Wildman–Crippen LogP) is 3.49. The molecule has 2 aromatic carbocycles. The molecule has 1 aromatic heterocycles. The van der Waals surface area contributed by atoms with Crippen molar-refractivity contribution in [2.75, 3.05) is 11.9 Å². The zero-order valence-corrected chi connectivity index (χ0v) is 14.5. The van der Waals surface area contributed by atoms with E-state index in [-0.39, 0.29) is 18.4 Å². The van der Waals surface area contributed by atoms with E-state index in [0.29, 0.717) is 11.3 Å². The number of amides is 2. The van der Waals surface area contributed by atoms with Gasteiger partial charge in [-0.25, -0.2) is 4.98 Å². The first-order valence-corrected chi connectivity index (χ1v) is 8.65. The Morgan fingerprint density at radius 3 is 2.52 bits per heavy atom. The predicted molar refractivity (Wildman–Crippen MR) is 99.7 cm³/mol. The first kappa shape index (κ1) is 16.9. The summed E-state index contributed by atoms with van der Waals surface area (Å²) in [5.41, 5.74) is 3.12. The average Bonchev–Trinajstić information content (AvgIpc) is 3.15. The fourth-order valence-corrected chi connectivity index (χ4v) is 3.00. The summed E-state index contributed by atoms with van der Waals surface area (Å²) in [7, 11) is 0. The summed E-state index contributed by atoms with van der Waals surface area (Å²) in [4.78, 5) is 28.4. The van der Waals surface area contributed by atoms with Gasteiger partial charge in [0.2, 0.25) is 5.91 Å². The van der Waals surface area contributed by atoms with Gasteiger partial charge in [0.05, 0.1) is 6.54 Å². The molecule has 0 spiro atoms. The normalized spacial score (nSPS) is 10.3. The Kier molecular flexibility index (Phi) is 5.20. The van der Waals surface area contributed by atoms with Crippen LogP contribution in [0, 0.1) is 6.92 Å². The van der Waals surface area contributed by atoms with Crippen molar-refractivity contribution < 1.29 is 9.59 Å². The molecule has 0 aliphatic carbocycles. The largest absolute Gasteiger partial charge is 0.343 e. The maximum atomic E-state index is 12.1. The van der Waals surface area contributed by atoms with Crippen LogP contribution in [-0.4, -0.2) is 23.3 Å². The average molecular weight is 351 g/mol. The molecule has 3 aromatic rings. The highest BCUT2D eigenvalue weighted by Gasteiger charge is 2.10. The van der Waals surface area contributed by atoms with E-state index < -0.39 is 0 Å². The van der Waals surface area contributed by atoms with Gasteiger partial charge in [0, 0.05) is 28.4 Å². The van der Waals surface area contributed by atoms with Gasteiger partial charge >= 0.3 is 0 Å². The summed E-state index contributed by atoms with van der Waals surface area (Å²) in [6.45, 7) is 1.78. The van der Waals surface area contributed by atoms with Crippen LogP contribution in [0.2, 0.25) is 0 Å². The van der Waals surface area contributed by atoms with E-state index in [1.54, 1.807) is 29.7 Å². The molecule has 0 radical (unpaired) electrons.